The lowest BCUT2D eigenvalue weighted by Crippen LogP contribution is -2.62. The van der Waals surface area contributed by atoms with Crippen molar-refractivity contribution < 1.29 is 4.79 Å². The first-order valence-corrected chi connectivity index (χ1v) is 11.8. The fraction of sp³-hybridized carbons (Fsp3) is 0.458. The third-order valence-corrected chi connectivity index (χ3v) is 7.54. The minimum absolute atomic E-state index is 0.131. The molecule has 0 spiro atoms. The SMILES string of the molecule is O=C1NC2CC=CC[C@@H]2[C@@H](c2ccccc2)N1C1CCN(Cc2ccsc2)CC1. The van der Waals surface area contributed by atoms with Gasteiger partial charge in [-0.05, 0) is 53.6 Å². The van der Waals surface area contributed by atoms with E-state index in [0.29, 0.717) is 12.0 Å². The lowest BCUT2D eigenvalue weighted by molar-refractivity contribution is 0.0384. The molecular formula is C24H29N3OS. The lowest BCUT2D eigenvalue weighted by atomic mass is 9.77. The smallest absolute Gasteiger partial charge is 0.318 e. The van der Waals surface area contributed by atoms with Gasteiger partial charge in [0.1, 0.15) is 0 Å². The van der Waals surface area contributed by atoms with Gasteiger partial charge in [0.2, 0.25) is 0 Å². The van der Waals surface area contributed by atoms with E-state index in [4.69, 9.17) is 0 Å². The average Bonchev–Trinajstić information content (AvgIpc) is 3.27. The van der Waals surface area contributed by atoms with Crippen LogP contribution in [0.5, 0.6) is 0 Å². The van der Waals surface area contributed by atoms with E-state index in [1.165, 1.54) is 11.1 Å². The van der Waals surface area contributed by atoms with Crippen molar-refractivity contribution >= 4 is 17.4 Å². The molecule has 29 heavy (non-hydrogen) atoms. The van der Waals surface area contributed by atoms with E-state index in [0.717, 1.165) is 45.3 Å². The second kappa shape index (κ2) is 8.33. The van der Waals surface area contributed by atoms with Crippen LogP contribution in [0.1, 0.15) is 42.9 Å². The third-order valence-electron chi connectivity index (χ3n) is 6.81. The number of allylic oxidation sites excluding steroid dienone is 1. The second-order valence-electron chi connectivity index (χ2n) is 8.56. The van der Waals surface area contributed by atoms with E-state index in [-0.39, 0.29) is 18.1 Å². The van der Waals surface area contributed by atoms with Crippen LogP contribution in [0.2, 0.25) is 0 Å². The van der Waals surface area contributed by atoms with Crippen molar-refractivity contribution in [2.24, 2.45) is 5.92 Å². The number of thiophene rings is 1. The van der Waals surface area contributed by atoms with Crippen LogP contribution in [-0.4, -0.2) is 41.0 Å². The molecule has 1 N–H and O–H groups in total. The minimum Gasteiger partial charge on any atom is -0.335 e. The zero-order valence-electron chi connectivity index (χ0n) is 16.7. The number of fused-ring (bicyclic) bond motifs is 1. The first-order valence-electron chi connectivity index (χ1n) is 10.8. The highest BCUT2D eigenvalue weighted by Crippen LogP contribution is 2.42. The fourth-order valence-electron chi connectivity index (χ4n) is 5.36. The highest BCUT2D eigenvalue weighted by atomic mass is 32.1. The van der Waals surface area contributed by atoms with Crippen molar-refractivity contribution in [3.05, 3.63) is 70.4 Å². The molecule has 0 saturated carbocycles. The summed E-state index contributed by atoms with van der Waals surface area (Å²) >= 11 is 1.77. The van der Waals surface area contributed by atoms with Crippen LogP contribution in [0.15, 0.2) is 59.3 Å². The number of piperidine rings is 1. The molecule has 3 atom stereocenters. The number of urea groups is 1. The lowest BCUT2D eigenvalue weighted by Gasteiger charge is -2.51. The standard InChI is InChI=1S/C24H29N3OS/c28-24-25-22-9-5-4-8-21(22)23(19-6-2-1-3-7-19)27(24)20-10-13-26(14-11-20)16-18-12-15-29-17-18/h1-7,12,15,17,20-23H,8-11,13-14,16H2,(H,25,28)/t21-,22?,23+/m0/s1. The van der Waals surface area contributed by atoms with Crippen molar-refractivity contribution in [2.45, 2.75) is 50.4 Å². The van der Waals surface area contributed by atoms with Crippen molar-refractivity contribution in [1.29, 1.82) is 0 Å². The number of benzene rings is 1. The van der Waals surface area contributed by atoms with Crippen LogP contribution >= 0.6 is 11.3 Å². The van der Waals surface area contributed by atoms with Gasteiger partial charge in [0, 0.05) is 37.6 Å². The van der Waals surface area contributed by atoms with E-state index in [2.05, 4.69) is 74.4 Å². The summed E-state index contributed by atoms with van der Waals surface area (Å²) in [7, 11) is 0. The van der Waals surface area contributed by atoms with Gasteiger partial charge in [0.15, 0.2) is 0 Å². The average molecular weight is 408 g/mol. The Balaban J connectivity index is 1.36. The van der Waals surface area contributed by atoms with Crippen LogP contribution in [0.25, 0.3) is 0 Å². The van der Waals surface area contributed by atoms with Gasteiger partial charge in [-0.15, -0.1) is 0 Å². The molecule has 2 aliphatic heterocycles. The molecule has 152 valence electrons. The molecule has 1 aliphatic carbocycles. The number of hydrogen-bond donors (Lipinski definition) is 1. The highest BCUT2D eigenvalue weighted by Gasteiger charge is 2.45. The zero-order valence-corrected chi connectivity index (χ0v) is 17.6. The van der Waals surface area contributed by atoms with Crippen LogP contribution in [0, 0.1) is 5.92 Å². The molecule has 1 aromatic heterocycles. The van der Waals surface area contributed by atoms with Crippen molar-refractivity contribution in [3.63, 3.8) is 0 Å². The van der Waals surface area contributed by atoms with Gasteiger partial charge >= 0.3 is 6.03 Å². The Morgan fingerprint density at radius 3 is 2.59 bits per heavy atom. The number of carbonyl (C=O) groups excluding carboxylic acids is 1. The maximum atomic E-state index is 13.2. The molecule has 4 nitrogen and oxygen atoms in total. The van der Waals surface area contributed by atoms with Gasteiger partial charge < -0.3 is 10.2 Å². The van der Waals surface area contributed by atoms with E-state index in [1.54, 1.807) is 11.3 Å². The van der Waals surface area contributed by atoms with E-state index < -0.39 is 0 Å². The van der Waals surface area contributed by atoms with Gasteiger partial charge in [0.05, 0.1) is 6.04 Å². The molecule has 5 rings (SSSR count). The quantitative estimate of drug-likeness (QED) is 0.738. The van der Waals surface area contributed by atoms with E-state index >= 15 is 0 Å². The minimum atomic E-state index is 0.131. The Bertz CT molecular complexity index is 842. The maximum Gasteiger partial charge on any atom is 0.318 e. The maximum absolute atomic E-state index is 13.2. The molecule has 1 unspecified atom stereocenters. The van der Waals surface area contributed by atoms with Gasteiger partial charge in [-0.3, -0.25) is 4.90 Å². The molecular weight excluding hydrogens is 378 g/mol. The molecule has 0 bridgehead atoms. The summed E-state index contributed by atoms with van der Waals surface area (Å²) in [4.78, 5) is 18.0. The summed E-state index contributed by atoms with van der Waals surface area (Å²) in [6.07, 6.45) is 8.62. The summed E-state index contributed by atoms with van der Waals surface area (Å²) in [5.74, 6) is 0.448. The predicted octanol–water partition coefficient (Wildman–Crippen LogP) is 4.81. The monoisotopic (exact) mass is 407 g/mol. The fourth-order valence-corrected chi connectivity index (χ4v) is 6.02. The van der Waals surface area contributed by atoms with Gasteiger partial charge in [0.25, 0.3) is 0 Å². The highest BCUT2D eigenvalue weighted by molar-refractivity contribution is 7.07. The van der Waals surface area contributed by atoms with E-state index in [9.17, 15) is 4.79 Å². The summed E-state index contributed by atoms with van der Waals surface area (Å²) in [6, 6.07) is 13.8. The van der Waals surface area contributed by atoms with Crippen molar-refractivity contribution in [3.8, 4) is 0 Å². The Hall–Kier alpha value is -2.11. The second-order valence-corrected chi connectivity index (χ2v) is 9.34. The van der Waals surface area contributed by atoms with E-state index in [1.807, 2.05) is 0 Å². The number of nitrogens with zero attached hydrogens (tertiary/aromatic N) is 2. The third kappa shape index (κ3) is 3.86. The number of carbonyl (C=O) groups is 1. The van der Waals surface area contributed by atoms with Crippen LogP contribution in [-0.2, 0) is 6.54 Å². The largest absolute Gasteiger partial charge is 0.335 e. The number of hydrogen-bond acceptors (Lipinski definition) is 3. The molecule has 1 aromatic carbocycles. The number of nitrogens with one attached hydrogen (secondary N) is 1. The molecule has 2 fully saturated rings. The topological polar surface area (TPSA) is 35.6 Å². The zero-order chi connectivity index (χ0) is 19.6. The van der Waals surface area contributed by atoms with Crippen molar-refractivity contribution in [1.82, 2.24) is 15.1 Å². The molecule has 2 amide bonds. The summed E-state index contributed by atoms with van der Waals surface area (Å²) in [6.45, 7) is 3.14. The van der Waals surface area contributed by atoms with Crippen LogP contribution < -0.4 is 5.32 Å². The Kier molecular flexibility index (Phi) is 5.42. The summed E-state index contributed by atoms with van der Waals surface area (Å²) < 4.78 is 0. The first kappa shape index (κ1) is 18.9. The van der Waals surface area contributed by atoms with Gasteiger partial charge in [-0.1, -0.05) is 42.5 Å². The molecule has 2 aromatic rings. The molecule has 5 heteroatoms. The number of amides is 2. The summed E-state index contributed by atoms with van der Waals surface area (Å²) in [5.41, 5.74) is 2.69. The Morgan fingerprint density at radius 1 is 1.03 bits per heavy atom. The molecule has 3 heterocycles. The molecule has 2 saturated heterocycles. The number of rotatable bonds is 4. The normalized spacial score (nSPS) is 28.2. The Morgan fingerprint density at radius 2 is 1.83 bits per heavy atom. The van der Waals surface area contributed by atoms with Crippen LogP contribution in [0.4, 0.5) is 4.79 Å². The molecule has 3 aliphatic rings. The predicted molar refractivity (Wildman–Crippen MR) is 118 cm³/mol. The van der Waals surface area contributed by atoms with Gasteiger partial charge in [-0.25, -0.2) is 4.79 Å². The van der Waals surface area contributed by atoms with Crippen LogP contribution in [0.3, 0.4) is 0 Å². The van der Waals surface area contributed by atoms with Gasteiger partial charge in [-0.2, -0.15) is 11.3 Å². The Labute approximate surface area is 177 Å². The van der Waals surface area contributed by atoms with Crippen molar-refractivity contribution in [2.75, 3.05) is 13.1 Å². The molecule has 0 radical (unpaired) electrons. The summed E-state index contributed by atoms with van der Waals surface area (Å²) in [5, 5.41) is 7.73. The first-order chi connectivity index (χ1) is 14.3. The number of likely N-dealkylation sites (tertiary alicyclic amines) is 1.